The third kappa shape index (κ3) is 3.24. The van der Waals surface area contributed by atoms with Gasteiger partial charge in [0.2, 0.25) is 0 Å². The number of hydrogen-bond acceptors (Lipinski definition) is 3. The maximum Gasteiger partial charge on any atom is 0.263 e. The van der Waals surface area contributed by atoms with Gasteiger partial charge in [-0.1, -0.05) is 17.7 Å². The lowest BCUT2D eigenvalue weighted by Crippen LogP contribution is -2.14. The molecule has 100 valence electrons. The highest BCUT2D eigenvalue weighted by molar-refractivity contribution is 7.92. The largest absolute Gasteiger partial charge is 0.263 e. The van der Waals surface area contributed by atoms with Gasteiger partial charge in [-0.05, 0) is 43.2 Å². The van der Waals surface area contributed by atoms with E-state index in [9.17, 15) is 8.42 Å². The van der Waals surface area contributed by atoms with E-state index in [1.807, 2.05) is 13.8 Å². The Bertz CT molecular complexity index is 714. The molecule has 0 saturated carbocycles. The Hall–Kier alpha value is -1.59. The lowest BCUT2D eigenvalue weighted by Gasteiger charge is -2.09. The molecule has 2 aromatic rings. The van der Waals surface area contributed by atoms with Crippen molar-refractivity contribution in [3.63, 3.8) is 0 Å². The van der Waals surface area contributed by atoms with Crippen molar-refractivity contribution in [2.75, 3.05) is 4.72 Å². The van der Waals surface area contributed by atoms with Crippen LogP contribution in [0.15, 0.2) is 41.4 Å². The summed E-state index contributed by atoms with van der Waals surface area (Å²) in [6, 6.07) is 8.00. The molecule has 0 aliphatic heterocycles. The number of aryl methyl sites for hydroxylation is 2. The van der Waals surface area contributed by atoms with Gasteiger partial charge in [0.1, 0.15) is 5.82 Å². The van der Waals surface area contributed by atoms with Crippen LogP contribution in [0.25, 0.3) is 0 Å². The lowest BCUT2D eigenvalue weighted by atomic mass is 10.1. The van der Waals surface area contributed by atoms with Gasteiger partial charge in [-0.2, -0.15) is 0 Å². The predicted octanol–water partition coefficient (Wildman–Crippen LogP) is 3.15. The first-order valence-electron chi connectivity index (χ1n) is 5.60. The van der Waals surface area contributed by atoms with Crippen LogP contribution in [0.1, 0.15) is 11.1 Å². The maximum absolute atomic E-state index is 12.2. The molecule has 0 bridgehead atoms. The molecule has 0 radical (unpaired) electrons. The fourth-order valence-corrected chi connectivity index (χ4v) is 2.78. The highest BCUT2D eigenvalue weighted by Crippen LogP contribution is 2.19. The molecule has 0 aliphatic carbocycles. The van der Waals surface area contributed by atoms with Gasteiger partial charge in [-0.25, -0.2) is 13.4 Å². The number of halogens is 1. The minimum absolute atomic E-state index is 0.200. The zero-order chi connectivity index (χ0) is 14.0. The van der Waals surface area contributed by atoms with Crippen LogP contribution >= 0.6 is 11.6 Å². The molecule has 0 unspecified atom stereocenters. The highest BCUT2D eigenvalue weighted by Gasteiger charge is 2.15. The molecule has 1 N–H and O–H groups in total. The number of pyridine rings is 1. The Morgan fingerprint density at radius 3 is 2.47 bits per heavy atom. The third-order valence-electron chi connectivity index (χ3n) is 2.75. The number of sulfonamides is 1. The van der Waals surface area contributed by atoms with Crippen molar-refractivity contribution < 1.29 is 8.42 Å². The average molecular weight is 297 g/mol. The molecule has 0 spiro atoms. The summed E-state index contributed by atoms with van der Waals surface area (Å²) >= 11 is 5.79. The van der Waals surface area contributed by atoms with E-state index in [0.29, 0.717) is 5.02 Å². The van der Waals surface area contributed by atoms with Crippen molar-refractivity contribution >= 4 is 27.4 Å². The molecule has 0 atom stereocenters. The summed E-state index contributed by atoms with van der Waals surface area (Å²) in [5, 5.41) is 0.424. The summed E-state index contributed by atoms with van der Waals surface area (Å²) < 4.78 is 26.8. The second kappa shape index (κ2) is 5.19. The fraction of sp³-hybridized carbons (Fsp3) is 0.154. The Morgan fingerprint density at radius 1 is 1.11 bits per heavy atom. The standard InChI is InChI=1S/C13H13ClN2O2S/c1-9-3-4-12(7-10(9)2)19(17,18)16-13-8-11(14)5-6-15-13/h3-8H,1-2H3,(H,15,16). The topological polar surface area (TPSA) is 59.1 Å². The van der Waals surface area contributed by atoms with Gasteiger partial charge in [0, 0.05) is 17.3 Å². The summed E-state index contributed by atoms with van der Waals surface area (Å²) in [5.41, 5.74) is 1.96. The minimum Gasteiger partial charge on any atom is -0.263 e. The number of hydrogen-bond donors (Lipinski definition) is 1. The summed E-state index contributed by atoms with van der Waals surface area (Å²) in [7, 11) is -3.64. The van der Waals surface area contributed by atoms with E-state index in [1.165, 1.54) is 12.3 Å². The summed E-state index contributed by atoms with van der Waals surface area (Å²) in [6.45, 7) is 3.80. The Labute approximate surface area is 117 Å². The molecule has 1 heterocycles. The van der Waals surface area contributed by atoms with E-state index >= 15 is 0 Å². The molecule has 0 aliphatic rings. The quantitative estimate of drug-likeness (QED) is 0.946. The number of nitrogens with one attached hydrogen (secondary N) is 1. The van der Waals surface area contributed by atoms with Crippen LogP contribution in [0.4, 0.5) is 5.82 Å². The van der Waals surface area contributed by atoms with Crippen molar-refractivity contribution in [1.82, 2.24) is 4.98 Å². The molecular weight excluding hydrogens is 284 g/mol. The zero-order valence-corrected chi connectivity index (χ0v) is 12.1. The van der Waals surface area contributed by atoms with Gasteiger partial charge >= 0.3 is 0 Å². The van der Waals surface area contributed by atoms with Crippen molar-refractivity contribution in [2.24, 2.45) is 0 Å². The molecule has 2 rings (SSSR count). The summed E-state index contributed by atoms with van der Waals surface area (Å²) in [4.78, 5) is 4.12. The van der Waals surface area contributed by atoms with E-state index in [0.717, 1.165) is 11.1 Å². The van der Waals surface area contributed by atoms with Crippen molar-refractivity contribution in [2.45, 2.75) is 18.7 Å². The number of benzene rings is 1. The van der Waals surface area contributed by atoms with Gasteiger partial charge in [0.25, 0.3) is 10.0 Å². The van der Waals surface area contributed by atoms with Gasteiger partial charge in [-0.15, -0.1) is 0 Å². The number of rotatable bonds is 3. The molecule has 0 amide bonds. The van der Waals surface area contributed by atoms with Crippen molar-refractivity contribution in [3.8, 4) is 0 Å². The maximum atomic E-state index is 12.2. The zero-order valence-electron chi connectivity index (χ0n) is 10.5. The smallest absolute Gasteiger partial charge is 0.263 e. The molecule has 0 saturated heterocycles. The SMILES string of the molecule is Cc1ccc(S(=O)(=O)Nc2cc(Cl)ccn2)cc1C. The van der Waals surface area contributed by atoms with Crippen LogP contribution in [-0.2, 0) is 10.0 Å². The second-order valence-electron chi connectivity index (χ2n) is 4.21. The number of aromatic nitrogens is 1. The van der Waals surface area contributed by atoms with Crippen LogP contribution in [0, 0.1) is 13.8 Å². The number of anilines is 1. The molecule has 19 heavy (non-hydrogen) atoms. The average Bonchev–Trinajstić information content (AvgIpc) is 2.32. The van der Waals surface area contributed by atoms with Crippen molar-refractivity contribution in [3.05, 3.63) is 52.7 Å². The van der Waals surface area contributed by atoms with Gasteiger partial charge in [0.15, 0.2) is 0 Å². The molecule has 6 heteroatoms. The third-order valence-corrected chi connectivity index (χ3v) is 4.34. The number of nitrogens with zero attached hydrogens (tertiary/aromatic N) is 1. The van der Waals surface area contributed by atoms with E-state index < -0.39 is 10.0 Å². The monoisotopic (exact) mass is 296 g/mol. The molecule has 4 nitrogen and oxygen atoms in total. The lowest BCUT2D eigenvalue weighted by molar-refractivity contribution is 0.601. The van der Waals surface area contributed by atoms with Crippen LogP contribution < -0.4 is 4.72 Å². The van der Waals surface area contributed by atoms with Crippen LogP contribution in [-0.4, -0.2) is 13.4 Å². The van der Waals surface area contributed by atoms with Gasteiger partial charge in [-0.3, -0.25) is 4.72 Å². The van der Waals surface area contributed by atoms with Crippen LogP contribution in [0.5, 0.6) is 0 Å². The first kappa shape index (κ1) is 13.8. The van der Waals surface area contributed by atoms with Gasteiger partial charge in [0.05, 0.1) is 4.90 Å². The Balaban J connectivity index is 2.35. The molecule has 1 aromatic heterocycles. The molecule has 0 fully saturated rings. The van der Waals surface area contributed by atoms with Gasteiger partial charge < -0.3 is 0 Å². The Morgan fingerprint density at radius 2 is 1.84 bits per heavy atom. The van der Waals surface area contributed by atoms with E-state index in [4.69, 9.17) is 11.6 Å². The predicted molar refractivity (Wildman–Crippen MR) is 76.0 cm³/mol. The summed E-state index contributed by atoms with van der Waals surface area (Å²) in [6.07, 6.45) is 1.45. The molecular formula is C13H13ClN2O2S. The molecule has 1 aromatic carbocycles. The van der Waals surface area contributed by atoms with Crippen molar-refractivity contribution in [1.29, 1.82) is 0 Å². The summed E-state index contributed by atoms with van der Waals surface area (Å²) in [5.74, 6) is 0.200. The first-order chi connectivity index (χ1) is 8.88. The first-order valence-corrected chi connectivity index (χ1v) is 7.46. The highest BCUT2D eigenvalue weighted by atomic mass is 35.5. The minimum atomic E-state index is -3.64. The second-order valence-corrected chi connectivity index (χ2v) is 6.33. The van der Waals surface area contributed by atoms with Crippen LogP contribution in [0.2, 0.25) is 5.02 Å². The fourth-order valence-electron chi connectivity index (χ4n) is 1.54. The van der Waals surface area contributed by atoms with E-state index in [1.54, 1.807) is 24.3 Å². The van der Waals surface area contributed by atoms with Crippen LogP contribution in [0.3, 0.4) is 0 Å². The van der Waals surface area contributed by atoms with E-state index in [2.05, 4.69) is 9.71 Å². The normalized spacial score (nSPS) is 11.3. The Kier molecular flexibility index (Phi) is 3.78. The van der Waals surface area contributed by atoms with E-state index in [-0.39, 0.29) is 10.7 Å².